The van der Waals surface area contributed by atoms with Crippen LogP contribution in [0, 0.1) is 0 Å². The summed E-state index contributed by atoms with van der Waals surface area (Å²) in [4.78, 5) is 5.21. The number of alkyl halides is 1. The van der Waals surface area contributed by atoms with Crippen molar-refractivity contribution >= 4 is 33.7 Å². The molecule has 0 aliphatic heterocycles. The van der Waals surface area contributed by atoms with Gasteiger partial charge in [-0.15, -0.1) is 22.9 Å². The second kappa shape index (κ2) is 5.09. The molecule has 1 nitrogen and oxygen atoms in total. The fourth-order valence-electron chi connectivity index (χ4n) is 2.14. The summed E-state index contributed by atoms with van der Waals surface area (Å²) in [5.41, 5.74) is 3.12. The predicted octanol–water partition coefficient (Wildman–Crippen LogP) is 4.82. The smallest absolute Gasteiger partial charge is 0.0794 e. The summed E-state index contributed by atoms with van der Waals surface area (Å²) < 4.78 is 0. The van der Waals surface area contributed by atoms with Gasteiger partial charge in [0.05, 0.1) is 10.9 Å². The Kier molecular flexibility index (Phi) is 3.31. The number of nitrogens with zero attached hydrogens (tertiary/aromatic N) is 1. The lowest BCUT2D eigenvalue weighted by Crippen LogP contribution is -1.94. The largest absolute Gasteiger partial charge is 0.253 e. The molecular weight excluding hydrogens is 262 g/mol. The fourth-order valence-corrected chi connectivity index (χ4v) is 3.12. The van der Waals surface area contributed by atoms with E-state index in [9.17, 15) is 0 Å². The number of rotatable bonds is 3. The maximum atomic E-state index is 6.45. The van der Waals surface area contributed by atoms with Gasteiger partial charge >= 0.3 is 0 Å². The van der Waals surface area contributed by atoms with Crippen LogP contribution in [0.1, 0.15) is 15.8 Å². The Morgan fingerprint density at radius 2 is 1.94 bits per heavy atom. The van der Waals surface area contributed by atoms with Gasteiger partial charge in [-0.3, -0.25) is 4.98 Å². The van der Waals surface area contributed by atoms with Crippen LogP contribution in [0.15, 0.2) is 54.2 Å². The second-order valence-electron chi connectivity index (χ2n) is 4.21. The zero-order valence-electron chi connectivity index (χ0n) is 9.71. The number of benzene rings is 2. The molecule has 3 rings (SSSR count). The first-order valence-electron chi connectivity index (χ1n) is 5.83. The molecule has 0 fully saturated rings. The number of aromatic nitrogens is 1. The Balaban J connectivity index is 1.95. The molecule has 0 amide bonds. The van der Waals surface area contributed by atoms with Gasteiger partial charge in [0.1, 0.15) is 0 Å². The van der Waals surface area contributed by atoms with Crippen LogP contribution in [0.2, 0.25) is 0 Å². The number of fused-ring (bicyclic) bond motifs is 1. The summed E-state index contributed by atoms with van der Waals surface area (Å²) in [6.07, 6.45) is 2.69. The van der Waals surface area contributed by atoms with E-state index in [1.54, 1.807) is 11.3 Å². The van der Waals surface area contributed by atoms with E-state index in [1.807, 2.05) is 11.7 Å². The van der Waals surface area contributed by atoms with Gasteiger partial charge < -0.3 is 0 Å². The van der Waals surface area contributed by atoms with E-state index in [1.165, 1.54) is 16.3 Å². The third-order valence-electron chi connectivity index (χ3n) is 3.04. The van der Waals surface area contributed by atoms with Gasteiger partial charge in [0.15, 0.2) is 0 Å². The quantitative estimate of drug-likeness (QED) is 0.624. The van der Waals surface area contributed by atoms with Crippen LogP contribution in [-0.2, 0) is 6.42 Å². The first-order valence-corrected chi connectivity index (χ1v) is 7.15. The Labute approximate surface area is 115 Å². The molecule has 1 atom stereocenters. The van der Waals surface area contributed by atoms with Gasteiger partial charge in [-0.25, -0.2) is 0 Å². The Morgan fingerprint density at radius 1 is 1.11 bits per heavy atom. The molecule has 0 spiro atoms. The van der Waals surface area contributed by atoms with Gasteiger partial charge in [0, 0.05) is 11.1 Å². The van der Waals surface area contributed by atoms with Crippen molar-refractivity contribution in [1.82, 2.24) is 4.98 Å². The van der Waals surface area contributed by atoms with Crippen molar-refractivity contribution in [1.29, 1.82) is 0 Å². The molecule has 1 heterocycles. The third kappa shape index (κ3) is 2.26. The number of hydrogen-bond acceptors (Lipinski definition) is 2. The minimum Gasteiger partial charge on any atom is -0.253 e. The lowest BCUT2D eigenvalue weighted by Gasteiger charge is -2.09. The molecule has 0 bridgehead atoms. The van der Waals surface area contributed by atoms with E-state index >= 15 is 0 Å². The standard InChI is InChI=1S/C15H12ClNS/c16-14(15-9-17-10-18-15)8-12-6-3-5-11-4-1-2-7-13(11)12/h1-7,9-10,14H,8H2. The van der Waals surface area contributed by atoms with Crippen LogP contribution in [0.3, 0.4) is 0 Å². The van der Waals surface area contributed by atoms with E-state index in [4.69, 9.17) is 11.6 Å². The van der Waals surface area contributed by atoms with E-state index in [0.717, 1.165) is 11.3 Å². The first-order chi connectivity index (χ1) is 8.84. The minimum atomic E-state index is 0.00306. The van der Waals surface area contributed by atoms with Gasteiger partial charge in [-0.1, -0.05) is 42.5 Å². The average Bonchev–Trinajstić information content (AvgIpc) is 2.93. The summed E-state index contributed by atoms with van der Waals surface area (Å²) in [6.45, 7) is 0. The van der Waals surface area contributed by atoms with Crippen molar-refractivity contribution in [3.05, 3.63) is 64.6 Å². The summed E-state index contributed by atoms with van der Waals surface area (Å²) in [6, 6.07) is 14.8. The number of thiazole rings is 1. The van der Waals surface area contributed by atoms with Crippen molar-refractivity contribution in [2.24, 2.45) is 0 Å². The van der Waals surface area contributed by atoms with Crippen molar-refractivity contribution in [3.8, 4) is 0 Å². The highest BCUT2D eigenvalue weighted by atomic mass is 35.5. The normalized spacial score (nSPS) is 12.7. The zero-order valence-corrected chi connectivity index (χ0v) is 11.3. The maximum absolute atomic E-state index is 6.45. The monoisotopic (exact) mass is 273 g/mol. The van der Waals surface area contributed by atoms with Gasteiger partial charge in [-0.05, 0) is 22.8 Å². The van der Waals surface area contributed by atoms with Gasteiger partial charge in [0.25, 0.3) is 0 Å². The second-order valence-corrected chi connectivity index (χ2v) is 5.66. The molecule has 0 saturated carbocycles. The predicted molar refractivity (Wildman–Crippen MR) is 78.4 cm³/mol. The van der Waals surface area contributed by atoms with Crippen LogP contribution in [0.4, 0.5) is 0 Å². The highest BCUT2D eigenvalue weighted by molar-refractivity contribution is 7.09. The zero-order chi connectivity index (χ0) is 12.4. The summed E-state index contributed by atoms with van der Waals surface area (Å²) in [5, 5.41) is 2.56. The summed E-state index contributed by atoms with van der Waals surface area (Å²) in [7, 11) is 0. The van der Waals surface area contributed by atoms with Crippen molar-refractivity contribution in [3.63, 3.8) is 0 Å². The van der Waals surface area contributed by atoms with Gasteiger partial charge in [0.2, 0.25) is 0 Å². The molecule has 0 radical (unpaired) electrons. The lowest BCUT2D eigenvalue weighted by molar-refractivity contribution is 0.944. The van der Waals surface area contributed by atoms with Crippen LogP contribution in [0.5, 0.6) is 0 Å². The first kappa shape index (κ1) is 11.7. The van der Waals surface area contributed by atoms with Gasteiger partial charge in [-0.2, -0.15) is 0 Å². The van der Waals surface area contributed by atoms with E-state index in [-0.39, 0.29) is 5.38 Å². The van der Waals surface area contributed by atoms with Crippen LogP contribution < -0.4 is 0 Å². The summed E-state index contributed by atoms with van der Waals surface area (Å²) in [5.74, 6) is 0. The Hall–Kier alpha value is -1.38. The number of halogens is 1. The molecule has 0 saturated heterocycles. The SMILES string of the molecule is ClC(Cc1cccc2ccccc12)c1cncs1. The molecule has 90 valence electrons. The molecule has 2 aromatic carbocycles. The molecule has 3 aromatic rings. The fraction of sp³-hybridized carbons (Fsp3) is 0.133. The van der Waals surface area contributed by atoms with Crippen molar-refractivity contribution in [2.75, 3.05) is 0 Å². The van der Waals surface area contributed by atoms with Crippen molar-refractivity contribution in [2.45, 2.75) is 11.8 Å². The minimum absolute atomic E-state index is 0.00306. The van der Waals surface area contributed by atoms with Crippen LogP contribution in [0.25, 0.3) is 10.8 Å². The third-order valence-corrected chi connectivity index (χ3v) is 4.45. The topological polar surface area (TPSA) is 12.9 Å². The molecule has 1 aromatic heterocycles. The van der Waals surface area contributed by atoms with Crippen LogP contribution >= 0.6 is 22.9 Å². The maximum Gasteiger partial charge on any atom is 0.0794 e. The summed E-state index contributed by atoms with van der Waals surface area (Å²) >= 11 is 8.07. The highest BCUT2D eigenvalue weighted by Gasteiger charge is 2.12. The Morgan fingerprint density at radius 3 is 2.78 bits per heavy atom. The van der Waals surface area contributed by atoms with E-state index in [2.05, 4.69) is 47.4 Å². The highest BCUT2D eigenvalue weighted by Crippen LogP contribution is 2.30. The Bertz CT molecular complexity index is 643. The molecule has 3 heteroatoms. The van der Waals surface area contributed by atoms with E-state index in [0.29, 0.717) is 0 Å². The molecule has 0 aliphatic rings. The van der Waals surface area contributed by atoms with Crippen LogP contribution in [-0.4, -0.2) is 4.98 Å². The average molecular weight is 274 g/mol. The lowest BCUT2D eigenvalue weighted by atomic mass is 10.0. The molecular formula is C15H12ClNS. The number of hydrogen-bond donors (Lipinski definition) is 0. The molecule has 0 N–H and O–H groups in total. The van der Waals surface area contributed by atoms with Crippen molar-refractivity contribution < 1.29 is 0 Å². The molecule has 18 heavy (non-hydrogen) atoms. The van der Waals surface area contributed by atoms with E-state index < -0.39 is 0 Å². The molecule has 1 unspecified atom stereocenters. The molecule has 0 aliphatic carbocycles.